The van der Waals surface area contributed by atoms with E-state index in [2.05, 4.69) is 45.3 Å². The highest BCUT2D eigenvalue weighted by atomic mass is 35.5. The number of aromatic nitrogens is 6. The number of hydrogen-bond acceptors (Lipinski definition) is 4. The minimum Gasteiger partial charge on any atom is -0.379 e. The quantitative estimate of drug-likeness (QED) is 0.397. The van der Waals surface area contributed by atoms with Crippen LogP contribution < -0.4 is 5.32 Å². The number of fused-ring (bicyclic) bond motifs is 2. The van der Waals surface area contributed by atoms with Gasteiger partial charge in [0.2, 0.25) is 0 Å². The molecule has 8 heteroatoms. The van der Waals surface area contributed by atoms with Crippen LogP contribution in [-0.4, -0.2) is 28.5 Å². The van der Waals surface area contributed by atoms with Crippen LogP contribution in [0.25, 0.3) is 22.9 Å². The largest absolute Gasteiger partial charge is 0.379 e. The van der Waals surface area contributed by atoms with Crippen molar-refractivity contribution in [2.24, 2.45) is 0 Å². The molecule has 0 bridgehead atoms. The average Bonchev–Trinajstić information content (AvgIpc) is 3.50. The molecule has 32 heavy (non-hydrogen) atoms. The maximum atomic E-state index is 6.12. The van der Waals surface area contributed by atoms with Crippen LogP contribution in [0.15, 0.2) is 74.2 Å². The van der Waals surface area contributed by atoms with Crippen LogP contribution in [0.5, 0.6) is 0 Å². The number of nitrogens with zero attached hydrogens (tertiary/aromatic N) is 6. The van der Waals surface area contributed by atoms with E-state index >= 15 is 0 Å². The fourth-order valence-electron chi connectivity index (χ4n) is 3.65. The molecule has 0 aromatic carbocycles. The molecular formula is C24H22ClN7. The molecule has 1 N–H and O–H groups in total. The van der Waals surface area contributed by atoms with Gasteiger partial charge in [-0.2, -0.15) is 5.10 Å². The Bertz CT molecular complexity index is 1450. The second kappa shape index (κ2) is 8.36. The topological polar surface area (TPSA) is 64.5 Å². The van der Waals surface area contributed by atoms with Gasteiger partial charge in [0.25, 0.3) is 0 Å². The van der Waals surface area contributed by atoms with Gasteiger partial charge in [-0.05, 0) is 36.8 Å². The maximum Gasteiger partial charge on any atom is 0.137 e. The van der Waals surface area contributed by atoms with Crippen LogP contribution in [-0.2, 0) is 13.1 Å². The molecule has 0 fully saturated rings. The van der Waals surface area contributed by atoms with Crippen LogP contribution in [0, 0.1) is 0 Å². The molecule has 5 rings (SSSR count). The molecule has 5 heterocycles. The molecule has 0 amide bonds. The number of hydrogen-bond donors (Lipinski definition) is 1. The molecule has 7 nitrogen and oxygen atoms in total. The number of imidazole rings is 2. The van der Waals surface area contributed by atoms with Gasteiger partial charge in [0.15, 0.2) is 0 Å². The van der Waals surface area contributed by atoms with Crippen molar-refractivity contribution in [2.45, 2.75) is 20.0 Å². The van der Waals surface area contributed by atoms with Gasteiger partial charge in [-0.25, -0.2) is 9.97 Å². The van der Waals surface area contributed by atoms with Gasteiger partial charge in [-0.3, -0.25) is 4.68 Å². The highest BCUT2D eigenvalue weighted by Gasteiger charge is 2.09. The fourth-order valence-corrected chi connectivity index (χ4v) is 3.81. The number of halogens is 1. The van der Waals surface area contributed by atoms with Gasteiger partial charge in [0, 0.05) is 41.1 Å². The van der Waals surface area contributed by atoms with Crippen molar-refractivity contribution in [3.63, 3.8) is 0 Å². The van der Waals surface area contributed by atoms with Crippen molar-refractivity contribution in [3.05, 3.63) is 102 Å². The lowest BCUT2D eigenvalue weighted by Crippen LogP contribution is -2.11. The zero-order valence-corrected chi connectivity index (χ0v) is 18.4. The number of nitrogens with one attached hydrogen (secondary N) is 1. The summed E-state index contributed by atoms with van der Waals surface area (Å²) in [6.45, 7) is 7.29. The third kappa shape index (κ3) is 4.02. The zero-order chi connectivity index (χ0) is 22.1. The summed E-state index contributed by atoms with van der Waals surface area (Å²) in [4.78, 5) is 9.15. The minimum atomic E-state index is 0.543. The molecule has 0 saturated heterocycles. The van der Waals surface area contributed by atoms with Crippen LogP contribution in [0.4, 0.5) is 0 Å². The van der Waals surface area contributed by atoms with E-state index < -0.39 is 0 Å². The van der Waals surface area contributed by atoms with Crippen LogP contribution in [0.1, 0.15) is 29.4 Å². The summed E-state index contributed by atoms with van der Waals surface area (Å²) in [6, 6.07) is 7.82. The fraction of sp³-hybridized carbons (Fsp3) is 0.125. The summed E-state index contributed by atoms with van der Waals surface area (Å²) in [6.07, 6.45) is 15.6. The second-order valence-electron chi connectivity index (χ2n) is 7.55. The Hall–Kier alpha value is -3.84. The Balaban J connectivity index is 1.26. The summed E-state index contributed by atoms with van der Waals surface area (Å²) in [5.74, 6) is 0. The van der Waals surface area contributed by atoms with Crippen molar-refractivity contribution >= 4 is 34.5 Å². The summed E-state index contributed by atoms with van der Waals surface area (Å²) >= 11 is 6.12. The first-order valence-electron chi connectivity index (χ1n) is 10.3. The van der Waals surface area contributed by atoms with Crippen LogP contribution >= 0.6 is 11.6 Å². The van der Waals surface area contributed by atoms with Gasteiger partial charge >= 0.3 is 0 Å². The van der Waals surface area contributed by atoms with Gasteiger partial charge < -0.3 is 14.1 Å². The van der Waals surface area contributed by atoms with Crippen molar-refractivity contribution in [1.82, 2.24) is 33.9 Å². The lowest BCUT2D eigenvalue weighted by atomic mass is 10.2. The highest BCUT2D eigenvalue weighted by Crippen LogP contribution is 2.17. The van der Waals surface area contributed by atoms with E-state index in [0.29, 0.717) is 18.1 Å². The lowest BCUT2D eigenvalue weighted by Gasteiger charge is -2.06. The average molecular weight is 444 g/mol. The molecule has 0 saturated carbocycles. The van der Waals surface area contributed by atoms with Crippen molar-refractivity contribution < 1.29 is 0 Å². The van der Waals surface area contributed by atoms with Gasteiger partial charge in [-0.1, -0.05) is 30.3 Å². The predicted octanol–water partition coefficient (Wildman–Crippen LogP) is 4.67. The zero-order valence-electron chi connectivity index (χ0n) is 17.6. The Morgan fingerprint density at radius 1 is 1.19 bits per heavy atom. The second-order valence-corrected chi connectivity index (χ2v) is 7.98. The number of pyridine rings is 2. The van der Waals surface area contributed by atoms with E-state index in [0.717, 1.165) is 39.4 Å². The van der Waals surface area contributed by atoms with Crippen LogP contribution in [0.2, 0.25) is 5.02 Å². The molecule has 5 aromatic rings. The standard InChI is InChI=1S/C24H22ClN7/c1-3-4-18-5-6-24-29-21(14-31(24)12-18)15-32-13-19(10-28-32)17(2)26-11-22-23-9-20(25)7-8-30(23)16-27-22/h3-10,12-14,16,26H,2,11,15H2,1H3/b4-3-. The van der Waals surface area contributed by atoms with Gasteiger partial charge in [-0.15, -0.1) is 0 Å². The smallest absolute Gasteiger partial charge is 0.137 e. The third-order valence-corrected chi connectivity index (χ3v) is 5.47. The molecular weight excluding hydrogens is 422 g/mol. The normalized spacial score (nSPS) is 11.7. The van der Waals surface area contributed by atoms with Crippen molar-refractivity contribution in [2.75, 3.05) is 0 Å². The highest BCUT2D eigenvalue weighted by molar-refractivity contribution is 6.30. The first-order chi connectivity index (χ1) is 15.6. The summed E-state index contributed by atoms with van der Waals surface area (Å²) in [5.41, 5.74) is 6.58. The van der Waals surface area contributed by atoms with Gasteiger partial charge in [0.1, 0.15) is 5.65 Å². The Morgan fingerprint density at radius 2 is 2.09 bits per heavy atom. The van der Waals surface area contributed by atoms with Crippen LogP contribution in [0.3, 0.4) is 0 Å². The summed E-state index contributed by atoms with van der Waals surface area (Å²) < 4.78 is 5.85. The molecule has 0 spiro atoms. The monoisotopic (exact) mass is 443 g/mol. The first kappa shape index (κ1) is 20.1. The van der Waals surface area contributed by atoms with E-state index in [1.54, 1.807) is 12.5 Å². The first-order valence-corrected chi connectivity index (χ1v) is 10.6. The van der Waals surface area contributed by atoms with Gasteiger partial charge in [0.05, 0.1) is 42.5 Å². The SMILES string of the molecule is C=C(NCc1ncn2ccc(Cl)cc12)c1cnn(Cc2cn3cc(/C=C\C)ccc3n2)c1. The van der Waals surface area contributed by atoms with E-state index in [1.165, 1.54) is 0 Å². The van der Waals surface area contributed by atoms with E-state index in [9.17, 15) is 0 Å². The van der Waals surface area contributed by atoms with E-state index in [4.69, 9.17) is 11.6 Å². The van der Waals surface area contributed by atoms with E-state index in [-0.39, 0.29) is 0 Å². The number of allylic oxidation sites excluding steroid dienone is 1. The third-order valence-electron chi connectivity index (χ3n) is 5.24. The molecule has 5 aromatic heterocycles. The Morgan fingerprint density at radius 3 is 2.97 bits per heavy atom. The predicted molar refractivity (Wildman–Crippen MR) is 127 cm³/mol. The Labute approximate surface area is 190 Å². The Kier molecular flexibility index (Phi) is 5.25. The molecule has 0 aliphatic rings. The van der Waals surface area contributed by atoms with Crippen molar-refractivity contribution in [1.29, 1.82) is 0 Å². The summed E-state index contributed by atoms with van der Waals surface area (Å²) in [5, 5.41) is 8.50. The molecule has 0 aliphatic heterocycles. The lowest BCUT2D eigenvalue weighted by molar-refractivity contribution is 0.675. The minimum absolute atomic E-state index is 0.543. The molecule has 0 atom stereocenters. The molecule has 0 aliphatic carbocycles. The molecule has 160 valence electrons. The van der Waals surface area contributed by atoms with E-state index in [1.807, 2.05) is 63.3 Å². The number of rotatable bonds is 7. The maximum absolute atomic E-state index is 6.12. The summed E-state index contributed by atoms with van der Waals surface area (Å²) in [7, 11) is 0. The van der Waals surface area contributed by atoms with Crippen molar-refractivity contribution in [3.8, 4) is 0 Å². The molecule has 0 unspecified atom stereocenters. The molecule has 0 radical (unpaired) electrons.